The first-order chi connectivity index (χ1) is 14.8. The Morgan fingerprint density at radius 3 is 2.60 bits per heavy atom. The van der Waals surface area contributed by atoms with E-state index < -0.39 is 0 Å². The number of hydrogen-bond acceptors (Lipinski definition) is 6. The standard InChI is InChI=1S/C23H30N6O/c1-17-15-19-21(26-23(27-22(19)25-17)29-9-5-6-10-29)24-16-20(18-7-3-2-4-8-18)28-11-13-30-14-12-28/h2-4,7-8,15,20H,5-6,9-14,16H2,1H3,(H2,24,25,26,27). The minimum atomic E-state index is 0.274. The average molecular weight is 407 g/mol. The van der Waals surface area contributed by atoms with E-state index in [4.69, 9.17) is 14.7 Å². The van der Waals surface area contributed by atoms with Crippen molar-refractivity contribution in [3.05, 3.63) is 47.7 Å². The summed E-state index contributed by atoms with van der Waals surface area (Å²) in [5.41, 5.74) is 3.34. The average Bonchev–Trinajstić information content (AvgIpc) is 3.44. The van der Waals surface area contributed by atoms with E-state index in [0.717, 1.165) is 74.4 Å². The molecule has 30 heavy (non-hydrogen) atoms. The van der Waals surface area contributed by atoms with Crippen molar-refractivity contribution in [2.75, 3.05) is 56.2 Å². The number of nitrogens with one attached hydrogen (secondary N) is 2. The van der Waals surface area contributed by atoms with Crippen LogP contribution in [0, 0.1) is 6.92 Å². The summed E-state index contributed by atoms with van der Waals surface area (Å²) in [5.74, 6) is 1.74. The molecule has 0 aliphatic carbocycles. The molecule has 5 rings (SSSR count). The van der Waals surface area contributed by atoms with Gasteiger partial charge in [-0.25, -0.2) is 0 Å². The SMILES string of the molecule is Cc1cc2c(NCC(c3ccccc3)N3CCOCC3)nc(N3CCCC3)nc2[nH]1. The highest BCUT2D eigenvalue weighted by Crippen LogP contribution is 2.28. The van der Waals surface area contributed by atoms with Crippen molar-refractivity contribution in [3.63, 3.8) is 0 Å². The highest BCUT2D eigenvalue weighted by atomic mass is 16.5. The molecule has 1 atom stereocenters. The predicted molar refractivity (Wildman–Crippen MR) is 120 cm³/mol. The van der Waals surface area contributed by atoms with E-state index in [1.807, 2.05) is 0 Å². The fourth-order valence-corrected chi connectivity index (χ4v) is 4.54. The molecule has 1 aromatic carbocycles. The van der Waals surface area contributed by atoms with Crippen LogP contribution in [0.25, 0.3) is 11.0 Å². The Kier molecular flexibility index (Phi) is 5.55. The third kappa shape index (κ3) is 4.00. The number of aromatic amines is 1. The van der Waals surface area contributed by atoms with Crippen LogP contribution in [0.1, 0.15) is 30.1 Å². The molecule has 0 radical (unpaired) electrons. The van der Waals surface area contributed by atoms with E-state index in [1.54, 1.807) is 0 Å². The molecular formula is C23H30N6O. The van der Waals surface area contributed by atoms with Gasteiger partial charge in [-0.15, -0.1) is 0 Å². The van der Waals surface area contributed by atoms with Crippen LogP contribution in [-0.4, -0.2) is 65.8 Å². The molecule has 0 amide bonds. The van der Waals surface area contributed by atoms with Crippen molar-refractivity contribution in [1.29, 1.82) is 0 Å². The van der Waals surface area contributed by atoms with Crippen molar-refractivity contribution in [3.8, 4) is 0 Å². The summed E-state index contributed by atoms with van der Waals surface area (Å²) in [7, 11) is 0. The van der Waals surface area contributed by atoms with Gasteiger partial charge in [0.2, 0.25) is 5.95 Å². The largest absolute Gasteiger partial charge is 0.379 e. The van der Waals surface area contributed by atoms with Gasteiger partial charge in [0, 0.05) is 38.4 Å². The summed E-state index contributed by atoms with van der Waals surface area (Å²) >= 11 is 0. The van der Waals surface area contributed by atoms with Gasteiger partial charge in [-0.3, -0.25) is 4.90 Å². The van der Waals surface area contributed by atoms with E-state index in [-0.39, 0.29) is 6.04 Å². The Hall–Kier alpha value is -2.64. The van der Waals surface area contributed by atoms with Crippen molar-refractivity contribution >= 4 is 22.8 Å². The molecule has 2 aliphatic heterocycles. The number of aryl methyl sites for hydroxylation is 1. The summed E-state index contributed by atoms with van der Waals surface area (Å²) < 4.78 is 5.59. The van der Waals surface area contributed by atoms with E-state index in [2.05, 4.69) is 63.4 Å². The molecule has 0 spiro atoms. The summed E-state index contributed by atoms with van der Waals surface area (Å²) in [5, 5.41) is 4.74. The van der Waals surface area contributed by atoms with Crippen molar-refractivity contribution < 1.29 is 4.74 Å². The number of ether oxygens (including phenoxy) is 1. The van der Waals surface area contributed by atoms with Crippen LogP contribution in [0.15, 0.2) is 36.4 Å². The first-order valence-corrected chi connectivity index (χ1v) is 11.0. The summed E-state index contributed by atoms with van der Waals surface area (Å²) in [6.07, 6.45) is 2.42. The molecule has 2 aromatic heterocycles. The van der Waals surface area contributed by atoms with E-state index in [1.165, 1.54) is 18.4 Å². The van der Waals surface area contributed by atoms with E-state index >= 15 is 0 Å². The topological polar surface area (TPSA) is 69.3 Å². The lowest BCUT2D eigenvalue weighted by atomic mass is 10.0. The summed E-state index contributed by atoms with van der Waals surface area (Å²) in [4.78, 5) is 18.0. The molecule has 4 heterocycles. The Labute approximate surface area is 177 Å². The number of rotatable bonds is 6. The maximum absolute atomic E-state index is 5.59. The zero-order chi connectivity index (χ0) is 20.3. The lowest BCUT2D eigenvalue weighted by molar-refractivity contribution is 0.0187. The maximum Gasteiger partial charge on any atom is 0.229 e. The number of nitrogens with zero attached hydrogens (tertiary/aromatic N) is 4. The van der Waals surface area contributed by atoms with Crippen molar-refractivity contribution in [1.82, 2.24) is 19.9 Å². The van der Waals surface area contributed by atoms with Gasteiger partial charge >= 0.3 is 0 Å². The quantitative estimate of drug-likeness (QED) is 0.654. The molecule has 0 saturated carbocycles. The Balaban J connectivity index is 1.44. The van der Waals surface area contributed by atoms with E-state index in [9.17, 15) is 0 Å². The van der Waals surface area contributed by atoms with Gasteiger partial charge in [0.05, 0.1) is 24.6 Å². The molecular weight excluding hydrogens is 376 g/mol. The molecule has 0 bridgehead atoms. The number of aromatic nitrogens is 3. The van der Waals surface area contributed by atoms with Gasteiger partial charge in [0.25, 0.3) is 0 Å². The number of H-pyrrole nitrogens is 1. The monoisotopic (exact) mass is 406 g/mol. The maximum atomic E-state index is 5.59. The zero-order valence-electron chi connectivity index (χ0n) is 17.6. The molecule has 2 saturated heterocycles. The fraction of sp³-hybridized carbons (Fsp3) is 0.478. The van der Waals surface area contributed by atoms with Crippen LogP contribution in [0.4, 0.5) is 11.8 Å². The molecule has 7 nitrogen and oxygen atoms in total. The Bertz CT molecular complexity index is 976. The minimum Gasteiger partial charge on any atom is -0.379 e. The van der Waals surface area contributed by atoms with Gasteiger partial charge < -0.3 is 19.9 Å². The second kappa shape index (κ2) is 8.62. The highest BCUT2D eigenvalue weighted by Gasteiger charge is 2.24. The van der Waals surface area contributed by atoms with Gasteiger partial charge in [0.1, 0.15) is 11.5 Å². The highest BCUT2D eigenvalue weighted by molar-refractivity contribution is 5.89. The molecule has 2 N–H and O–H groups in total. The summed E-state index contributed by atoms with van der Waals surface area (Å²) in [6, 6.07) is 13.2. The van der Waals surface area contributed by atoms with Crippen LogP contribution >= 0.6 is 0 Å². The molecule has 158 valence electrons. The predicted octanol–water partition coefficient (Wildman–Crippen LogP) is 3.35. The number of hydrogen-bond donors (Lipinski definition) is 2. The first kappa shape index (κ1) is 19.3. The number of morpholine rings is 1. The molecule has 2 fully saturated rings. The molecule has 1 unspecified atom stereocenters. The normalized spacial score (nSPS) is 18.8. The van der Waals surface area contributed by atoms with Crippen molar-refractivity contribution in [2.45, 2.75) is 25.8 Å². The van der Waals surface area contributed by atoms with Crippen LogP contribution in [0.2, 0.25) is 0 Å². The number of benzene rings is 1. The first-order valence-electron chi connectivity index (χ1n) is 11.0. The third-order valence-corrected chi connectivity index (χ3v) is 6.13. The second-order valence-corrected chi connectivity index (χ2v) is 8.24. The van der Waals surface area contributed by atoms with Crippen molar-refractivity contribution in [2.24, 2.45) is 0 Å². The van der Waals surface area contributed by atoms with Gasteiger partial charge in [-0.05, 0) is 31.4 Å². The fourth-order valence-electron chi connectivity index (χ4n) is 4.54. The molecule has 7 heteroatoms. The Morgan fingerprint density at radius 2 is 1.83 bits per heavy atom. The lowest BCUT2D eigenvalue weighted by Gasteiger charge is -2.35. The van der Waals surface area contributed by atoms with Gasteiger partial charge in [-0.1, -0.05) is 30.3 Å². The number of anilines is 2. The van der Waals surface area contributed by atoms with Gasteiger partial charge in [0.15, 0.2) is 0 Å². The van der Waals surface area contributed by atoms with Crippen LogP contribution in [0.3, 0.4) is 0 Å². The number of fused-ring (bicyclic) bond motifs is 1. The minimum absolute atomic E-state index is 0.274. The smallest absolute Gasteiger partial charge is 0.229 e. The third-order valence-electron chi connectivity index (χ3n) is 6.13. The zero-order valence-corrected chi connectivity index (χ0v) is 17.6. The van der Waals surface area contributed by atoms with Gasteiger partial charge in [-0.2, -0.15) is 9.97 Å². The van der Waals surface area contributed by atoms with E-state index in [0.29, 0.717) is 0 Å². The lowest BCUT2D eigenvalue weighted by Crippen LogP contribution is -2.41. The molecule has 2 aliphatic rings. The summed E-state index contributed by atoms with van der Waals surface area (Å²) in [6.45, 7) is 8.40. The van der Waals surface area contributed by atoms with Crippen LogP contribution < -0.4 is 10.2 Å². The van der Waals surface area contributed by atoms with Crippen LogP contribution in [-0.2, 0) is 4.74 Å². The second-order valence-electron chi connectivity index (χ2n) is 8.24. The molecule has 3 aromatic rings. The van der Waals surface area contributed by atoms with Crippen LogP contribution in [0.5, 0.6) is 0 Å². The Morgan fingerprint density at radius 1 is 1.07 bits per heavy atom.